The van der Waals surface area contributed by atoms with E-state index < -0.39 is 11.8 Å². The number of rotatable bonds is 6. The Labute approximate surface area is 146 Å². The first kappa shape index (κ1) is 18.5. The fourth-order valence-electron chi connectivity index (χ4n) is 2.43. The molecule has 0 N–H and O–H groups in total. The molecule has 0 atom stereocenters. The third-order valence-corrected chi connectivity index (χ3v) is 3.74. The van der Waals surface area contributed by atoms with Crippen molar-refractivity contribution in [2.45, 2.75) is 33.6 Å². The number of hydrogen-bond acceptors (Lipinski definition) is 4. The lowest BCUT2D eigenvalue weighted by Crippen LogP contribution is -2.09. The van der Waals surface area contributed by atoms with Crippen LogP contribution in [0.1, 0.15) is 36.1 Å². The zero-order chi connectivity index (χ0) is 18.4. The van der Waals surface area contributed by atoms with Crippen molar-refractivity contribution < 1.29 is 18.7 Å². The molecule has 0 aliphatic heterocycles. The number of carbonyl (C=O) groups excluding carboxylic acids is 1. The van der Waals surface area contributed by atoms with Crippen molar-refractivity contribution in [2.75, 3.05) is 6.61 Å². The number of carbonyl (C=O) groups is 1. The molecule has 0 spiro atoms. The average molecular weight is 341 g/mol. The Morgan fingerprint density at radius 3 is 2.64 bits per heavy atom. The number of esters is 1. The number of halogens is 1. The van der Waals surface area contributed by atoms with E-state index in [2.05, 4.69) is 6.07 Å². The zero-order valence-electron chi connectivity index (χ0n) is 14.6. The van der Waals surface area contributed by atoms with Gasteiger partial charge in [0, 0.05) is 5.56 Å². The van der Waals surface area contributed by atoms with Gasteiger partial charge in [0.1, 0.15) is 5.75 Å². The topological polar surface area (TPSA) is 59.3 Å². The van der Waals surface area contributed by atoms with Crippen LogP contribution in [0.5, 0.6) is 11.5 Å². The number of nitrogens with zero attached hydrogens (tertiary/aromatic N) is 1. The van der Waals surface area contributed by atoms with E-state index in [0.29, 0.717) is 16.9 Å². The first-order valence-corrected chi connectivity index (χ1v) is 8.14. The maximum Gasteiger partial charge on any atom is 0.310 e. The van der Waals surface area contributed by atoms with Crippen LogP contribution in [0.3, 0.4) is 0 Å². The third kappa shape index (κ3) is 4.57. The number of nitriles is 1. The summed E-state index contributed by atoms with van der Waals surface area (Å²) in [5.41, 5.74) is 2.20. The number of aryl methyl sites for hydroxylation is 2. The van der Waals surface area contributed by atoms with Crippen molar-refractivity contribution >= 4 is 5.97 Å². The summed E-state index contributed by atoms with van der Waals surface area (Å²) in [5, 5.41) is 9.12. The normalized spacial score (nSPS) is 10.2. The van der Waals surface area contributed by atoms with Gasteiger partial charge in [0.05, 0.1) is 24.7 Å². The Morgan fingerprint density at radius 1 is 1.24 bits per heavy atom. The number of ether oxygens (including phenoxy) is 2. The summed E-state index contributed by atoms with van der Waals surface area (Å²) < 4.78 is 25.4. The van der Waals surface area contributed by atoms with Gasteiger partial charge in [-0.3, -0.25) is 4.79 Å². The molecule has 2 aromatic carbocycles. The fraction of sp³-hybridized carbons (Fsp3) is 0.300. The van der Waals surface area contributed by atoms with Crippen LogP contribution in [0.2, 0.25) is 0 Å². The summed E-state index contributed by atoms with van der Waals surface area (Å²) in [6.45, 7) is 5.63. The molecule has 25 heavy (non-hydrogen) atoms. The molecule has 0 unspecified atom stereocenters. The van der Waals surface area contributed by atoms with Crippen LogP contribution in [0.4, 0.5) is 4.39 Å². The molecule has 0 aliphatic rings. The predicted octanol–water partition coefficient (Wildman–Crippen LogP) is 4.47. The Bertz CT molecular complexity index is 824. The third-order valence-electron chi connectivity index (χ3n) is 3.74. The van der Waals surface area contributed by atoms with E-state index in [1.807, 2.05) is 6.92 Å². The van der Waals surface area contributed by atoms with Crippen LogP contribution in [-0.4, -0.2) is 12.6 Å². The molecule has 2 rings (SSSR count). The standard InChI is InChI=1S/C20H20FNO3/c1-4-14-8-15(12-22)10-17(9-14)25-20-13(3)6-7-16(19(20)21)11-18(23)24-5-2/h6-10H,4-5,11H2,1-3H3. The van der Waals surface area contributed by atoms with Crippen LogP contribution in [0, 0.1) is 24.1 Å². The van der Waals surface area contributed by atoms with Crippen LogP contribution < -0.4 is 4.74 Å². The molecule has 2 aromatic rings. The molecule has 5 heteroatoms. The summed E-state index contributed by atoms with van der Waals surface area (Å²) in [7, 11) is 0. The van der Waals surface area contributed by atoms with Crippen LogP contribution in [0.25, 0.3) is 0 Å². The van der Waals surface area contributed by atoms with Gasteiger partial charge < -0.3 is 9.47 Å². The molecule has 0 heterocycles. The van der Waals surface area contributed by atoms with Gasteiger partial charge >= 0.3 is 5.97 Å². The van der Waals surface area contributed by atoms with E-state index in [9.17, 15) is 9.18 Å². The van der Waals surface area contributed by atoms with Crippen molar-refractivity contribution in [2.24, 2.45) is 0 Å². The second kappa shape index (κ2) is 8.29. The largest absolute Gasteiger partial charge is 0.466 e. The molecule has 0 radical (unpaired) electrons. The predicted molar refractivity (Wildman–Crippen MR) is 92.1 cm³/mol. The minimum atomic E-state index is -0.589. The van der Waals surface area contributed by atoms with Crippen molar-refractivity contribution in [1.82, 2.24) is 0 Å². The molecule has 0 saturated heterocycles. The van der Waals surface area contributed by atoms with Gasteiger partial charge in [-0.25, -0.2) is 4.39 Å². The minimum absolute atomic E-state index is 0.0546. The highest BCUT2D eigenvalue weighted by Crippen LogP contribution is 2.31. The molecule has 0 aromatic heterocycles. The van der Waals surface area contributed by atoms with Crippen molar-refractivity contribution in [3.8, 4) is 17.6 Å². The van der Waals surface area contributed by atoms with E-state index >= 15 is 0 Å². The summed E-state index contributed by atoms with van der Waals surface area (Å²) in [4.78, 5) is 11.6. The molecular weight excluding hydrogens is 321 g/mol. The van der Waals surface area contributed by atoms with E-state index in [-0.39, 0.29) is 24.3 Å². The van der Waals surface area contributed by atoms with Gasteiger partial charge in [-0.2, -0.15) is 5.26 Å². The monoisotopic (exact) mass is 341 g/mol. The summed E-state index contributed by atoms with van der Waals surface area (Å²) in [6, 6.07) is 10.4. The smallest absolute Gasteiger partial charge is 0.310 e. The molecule has 0 bridgehead atoms. The van der Waals surface area contributed by atoms with E-state index in [0.717, 1.165) is 12.0 Å². The van der Waals surface area contributed by atoms with Crippen LogP contribution in [0.15, 0.2) is 30.3 Å². The molecule has 0 fully saturated rings. The Morgan fingerprint density at radius 2 is 2.00 bits per heavy atom. The Kier molecular flexibility index (Phi) is 6.13. The lowest BCUT2D eigenvalue weighted by atomic mass is 10.1. The lowest BCUT2D eigenvalue weighted by molar-refractivity contribution is -0.142. The fourth-order valence-corrected chi connectivity index (χ4v) is 2.43. The Balaban J connectivity index is 2.36. The van der Waals surface area contributed by atoms with Gasteiger partial charge in [0.2, 0.25) is 0 Å². The van der Waals surface area contributed by atoms with Gasteiger partial charge in [-0.15, -0.1) is 0 Å². The molecule has 0 aliphatic carbocycles. The highest BCUT2D eigenvalue weighted by molar-refractivity contribution is 5.73. The summed E-state index contributed by atoms with van der Waals surface area (Å²) in [6.07, 6.45) is 0.574. The highest BCUT2D eigenvalue weighted by Gasteiger charge is 2.17. The van der Waals surface area contributed by atoms with Gasteiger partial charge in [-0.1, -0.05) is 19.1 Å². The minimum Gasteiger partial charge on any atom is -0.466 e. The van der Waals surface area contributed by atoms with Crippen LogP contribution in [-0.2, 0) is 22.4 Å². The quantitative estimate of drug-likeness (QED) is 0.728. The second-order valence-corrected chi connectivity index (χ2v) is 5.60. The first-order chi connectivity index (χ1) is 12.0. The lowest BCUT2D eigenvalue weighted by Gasteiger charge is -2.13. The summed E-state index contributed by atoms with van der Waals surface area (Å²) in [5.74, 6) is -0.630. The number of benzene rings is 2. The maximum absolute atomic E-state index is 14.8. The molecular formula is C20H20FNO3. The average Bonchev–Trinajstić information content (AvgIpc) is 2.61. The van der Waals surface area contributed by atoms with Crippen LogP contribution >= 0.6 is 0 Å². The van der Waals surface area contributed by atoms with Crippen molar-refractivity contribution in [3.63, 3.8) is 0 Å². The van der Waals surface area contributed by atoms with Crippen molar-refractivity contribution in [3.05, 3.63) is 58.4 Å². The maximum atomic E-state index is 14.8. The van der Waals surface area contributed by atoms with E-state index in [1.54, 1.807) is 44.2 Å². The zero-order valence-corrected chi connectivity index (χ0v) is 14.6. The second-order valence-electron chi connectivity index (χ2n) is 5.60. The SMILES string of the molecule is CCOC(=O)Cc1ccc(C)c(Oc2cc(C#N)cc(CC)c2)c1F. The van der Waals surface area contributed by atoms with Gasteiger partial charge in [-0.05, 0) is 49.6 Å². The van der Waals surface area contributed by atoms with E-state index in [1.165, 1.54) is 0 Å². The summed E-state index contributed by atoms with van der Waals surface area (Å²) >= 11 is 0. The van der Waals surface area contributed by atoms with E-state index in [4.69, 9.17) is 14.7 Å². The van der Waals surface area contributed by atoms with Gasteiger partial charge in [0.15, 0.2) is 11.6 Å². The van der Waals surface area contributed by atoms with Gasteiger partial charge in [0.25, 0.3) is 0 Å². The van der Waals surface area contributed by atoms with Crippen molar-refractivity contribution in [1.29, 1.82) is 5.26 Å². The Hall–Kier alpha value is -2.87. The highest BCUT2D eigenvalue weighted by atomic mass is 19.1. The molecule has 0 amide bonds. The number of hydrogen-bond donors (Lipinski definition) is 0. The first-order valence-electron chi connectivity index (χ1n) is 8.14. The molecule has 130 valence electrons. The molecule has 0 saturated carbocycles. The molecule has 4 nitrogen and oxygen atoms in total.